The summed E-state index contributed by atoms with van der Waals surface area (Å²) in [5, 5.41) is 0.767. The zero-order valence-corrected chi connectivity index (χ0v) is 16.5. The first-order valence-corrected chi connectivity index (χ1v) is 9.54. The summed E-state index contributed by atoms with van der Waals surface area (Å²) < 4.78 is 0. The smallest absolute Gasteiger partial charge is 0.0492 e. The molecule has 2 aliphatic heterocycles. The molecule has 0 saturated carbocycles. The Bertz CT molecular complexity index is 897. The average molecular weight is 377 g/mol. The minimum absolute atomic E-state index is 0.0722. The third-order valence-corrected chi connectivity index (χ3v) is 5.19. The lowest BCUT2D eigenvalue weighted by Crippen LogP contribution is -2.23. The maximum absolute atomic E-state index is 6.17. The van der Waals surface area contributed by atoms with Crippen LogP contribution in [0.3, 0.4) is 0 Å². The summed E-state index contributed by atoms with van der Waals surface area (Å²) in [5.74, 6) is 0. The summed E-state index contributed by atoms with van der Waals surface area (Å²) in [6.07, 6.45) is 14.9. The van der Waals surface area contributed by atoms with Crippen molar-refractivity contribution in [2.45, 2.75) is 26.2 Å². The average Bonchev–Trinajstić information content (AvgIpc) is 3.01. The van der Waals surface area contributed by atoms with Gasteiger partial charge < -0.3 is 4.90 Å². The van der Waals surface area contributed by atoms with Gasteiger partial charge in [-0.05, 0) is 55.2 Å². The van der Waals surface area contributed by atoms with Gasteiger partial charge >= 0.3 is 0 Å². The van der Waals surface area contributed by atoms with Gasteiger partial charge in [-0.15, -0.1) is 5.73 Å². The second-order valence-corrected chi connectivity index (χ2v) is 7.56. The van der Waals surface area contributed by atoms with Crippen molar-refractivity contribution >= 4 is 17.3 Å². The van der Waals surface area contributed by atoms with Crippen molar-refractivity contribution in [3.8, 4) is 0 Å². The van der Waals surface area contributed by atoms with E-state index >= 15 is 0 Å². The van der Waals surface area contributed by atoms with E-state index in [4.69, 9.17) is 16.6 Å². The molecule has 1 aromatic rings. The van der Waals surface area contributed by atoms with E-state index in [2.05, 4.69) is 43.2 Å². The first-order valence-electron chi connectivity index (χ1n) is 9.17. The van der Waals surface area contributed by atoms with Crippen molar-refractivity contribution in [3.63, 3.8) is 0 Å². The van der Waals surface area contributed by atoms with Gasteiger partial charge in [-0.25, -0.2) is 0 Å². The molecule has 3 rings (SSSR count). The van der Waals surface area contributed by atoms with E-state index in [1.165, 1.54) is 16.8 Å². The van der Waals surface area contributed by atoms with Crippen LogP contribution in [0.4, 0.5) is 0 Å². The molecule has 1 aromatic carbocycles. The third kappa shape index (κ3) is 4.60. The zero-order valence-electron chi connectivity index (χ0n) is 15.8. The molecular weight excluding hydrogens is 352 g/mol. The topological polar surface area (TPSA) is 15.6 Å². The van der Waals surface area contributed by atoms with Crippen molar-refractivity contribution in [1.29, 1.82) is 0 Å². The van der Waals surface area contributed by atoms with Gasteiger partial charge in [0.2, 0.25) is 0 Å². The molecule has 2 heterocycles. The van der Waals surface area contributed by atoms with Crippen LogP contribution in [0, 0.1) is 5.41 Å². The molecule has 0 aromatic heterocycles. The highest BCUT2D eigenvalue weighted by Crippen LogP contribution is 2.37. The van der Waals surface area contributed by atoms with E-state index in [1.807, 2.05) is 48.5 Å². The number of benzene rings is 1. The summed E-state index contributed by atoms with van der Waals surface area (Å²) in [6, 6.07) is 8.05. The van der Waals surface area contributed by atoms with Crippen LogP contribution in [-0.2, 0) is 6.42 Å². The molecule has 0 spiro atoms. The lowest BCUT2D eigenvalue weighted by molar-refractivity contribution is 0.433. The zero-order chi connectivity index (χ0) is 19.3. The van der Waals surface area contributed by atoms with Crippen LogP contribution in [0.25, 0.3) is 0 Å². The van der Waals surface area contributed by atoms with Gasteiger partial charge in [-0.1, -0.05) is 49.0 Å². The van der Waals surface area contributed by atoms with Crippen LogP contribution in [0.5, 0.6) is 0 Å². The Morgan fingerprint density at radius 3 is 3.00 bits per heavy atom. The highest BCUT2D eigenvalue weighted by Gasteiger charge is 2.34. The maximum atomic E-state index is 6.17. The fourth-order valence-electron chi connectivity index (χ4n) is 3.73. The molecule has 0 bridgehead atoms. The number of hydrogen-bond acceptors (Lipinski definition) is 2. The Morgan fingerprint density at radius 2 is 2.26 bits per heavy atom. The third-order valence-electron chi connectivity index (χ3n) is 4.96. The standard InChI is InChI=1S/C24H25ClN2/c1-4-11-24(16-20-8-6-10-22(25)14-20)17-23(26-18-24)15-21-9-7-13-27(12-5-2)19(21)3/h5-14H,1,3,15-18H2,2H3/b12-5-. The van der Waals surface area contributed by atoms with Crippen molar-refractivity contribution < 1.29 is 0 Å². The van der Waals surface area contributed by atoms with Crippen molar-refractivity contribution in [2.24, 2.45) is 10.4 Å². The van der Waals surface area contributed by atoms with Crippen LogP contribution in [0.1, 0.15) is 25.3 Å². The maximum Gasteiger partial charge on any atom is 0.0492 e. The lowest BCUT2D eigenvalue weighted by Gasteiger charge is -2.26. The molecule has 1 unspecified atom stereocenters. The molecule has 0 aliphatic carbocycles. The van der Waals surface area contributed by atoms with Crippen LogP contribution < -0.4 is 0 Å². The second-order valence-electron chi connectivity index (χ2n) is 7.12. The summed E-state index contributed by atoms with van der Waals surface area (Å²) in [6.45, 7) is 10.8. The van der Waals surface area contributed by atoms with Gasteiger partial charge in [0, 0.05) is 47.2 Å². The molecule has 27 heavy (non-hydrogen) atoms. The molecule has 1 atom stereocenters. The Kier molecular flexibility index (Phi) is 6.01. The lowest BCUT2D eigenvalue weighted by atomic mass is 9.78. The van der Waals surface area contributed by atoms with Gasteiger partial charge in [0.15, 0.2) is 0 Å². The molecule has 0 amide bonds. The fraction of sp³-hybridized carbons (Fsp3) is 0.250. The molecule has 2 nitrogen and oxygen atoms in total. The molecular formula is C24H25ClN2. The Balaban J connectivity index is 1.73. The molecule has 2 aliphatic rings. The van der Waals surface area contributed by atoms with E-state index < -0.39 is 0 Å². The quantitative estimate of drug-likeness (QED) is 0.536. The number of allylic oxidation sites excluding steroid dienone is 4. The fourth-order valence-corrected chi connectivity index (χ4v) is 3.94. The number of halogens is 1. The van der Waals surface area contributed by atoms with Gasteiger partial charge in [0.1, 0.15) is 0 Å². The molecule has 0 fully saturated rings. The number of rotatable bonds is 6. The monoisotopic (exact) mass is 376 g/mol. The van der Waals surface area contributed by atoms with Crippen LogP contribution in [0.2, 0.25) is 5.02 Å². The first-order chi connectivity index (χ1) is 13.0. The molecule has 0 saturated heterocycles. The molecule has 138 valence electrons. The van der Waals surface area contributed by atoms with E-state index in [9.17, 15) is 0 Å². The van der Waals surface area contributed by atoms with E-state index in [0.717, 1.165) is 36.5 Å². The minimum atomic E-state index is -0.0722. The predicted octanol–water partition coefficient (Wildman–Crippen LogP) is 6.25. The SMILES string of the molecule is C=C=CC1(Cc2cccc(Cl)c2)CN=C(CC2=CC=CN(/C=C\C)C2=C)C1. The number of aliphatic imine (C=N–C) groups is 1. The van der Waals surface area contributed by atoms with Crippen molar-refractivity contribution in [2.75, 3.05) is 6.54 Å². The predicted molar refractivity (Wildman–Crippen MR) is 116 cm³/mol. The van der Waals surface area contributed by atoms with Crippen molar-refractivity contribution in [3.05, 3.63) is 102 Å². The highest BCUT2D eigenvalue weighted by atomic mass is 35.5. The summed E-state index contributed by atoms with van der Waals surface area (Å²) >= 11 is 6.17. The van der Waals surface area contributed by atoms with E-state index in [-0.39, 0.29) is 5.41 Å². The minimum Gasteiger partial charge on any atom is -0.325 e. The van der Waals surface area contributed by atoms with Crippen LogP contribution >= 0.6 is 11.6 Å². The highest BCUT2D eigenvalue weighted by molar-refractivity contribution is 6.30. The number of nitrogens with zero attached hydrogens (tertiary/aromatic N) is 2. The summed E-state index contributed by atoms with van der Waals surface area (Å²) in [5.41, 5.74) is 7.55. The second kappa shape index (κ2) is 8.43. The van der Waals surface area contributed by atoms with Crippen LogP contribution in [-0.4, -0.2) is 17.2 Å². The Hall–Kier alpha value is -2.54. The summed E-state index contributed by atoms with van der Waals surface area (Å²) in [4.78, 5) is 6.92. The normalized spacial score (nSPS) is 22.0. The van der Waals surface area contributed by atoms with Crippen molar-refractivity contribution in [1.82, 2.24) is 4.90 Å². The molecule has 0 N–H and O–H groups in total. The van der Waals surface area contributed by atoms with Crippen LogP contribution in [0.15, 0.2) is 96.1 Å². The largest absolute Gasteiger partial charge is 0.325 e. The van der Waals surface area contributed by atoms with E-state index in [1.54, 1.807) is 0 Å². The molecule has 3 heteroatoms. The first kappa shape index (κ1) is 19.2. The van der Waals surface area contributed by atoms with Gasteiger partial charge in [-0.3, -0.25) is 4.99 Å². The van der Waals surface area contributed by atoms with Gasteiger partial charge in [0.05, 0.1) is 0 Å². The summed E-state index contributed by atoms with van der Waals surface area (Å²) in [7, 11) is 0. The van der Waals surface area contributed by atoms with E-state index in [0.29, 0.717) is 0 Å². The number of hydrogen-bond donors (Lipinski definition) is 0. The van der Waals surface area contributed by atoms with Gasteiger partial charge in [-0.2, -0.15) is 0 Å². The Morgan fingerprint density at radius 1 is 1.41 bits per heavy atom. The molecule has 0 radical (unpaired) electrons. The van der Waals surface area contributed by atoms with Gasteiger partial charge in [0.25, 0.3) is 0 Å². The Labute approximate surface area is 167 Å².